The van der Waals surface area contributed by atoms with E-state index in [1.165, 1.54) is 51.4 Å². The van der Waals surface area contributed by atoms with Crippen LogP contribution in [-0.2, 0) is 0 Å². The van der Waals surface area contributed by atoms with Crippen molar-refractivity contribution in [3.05, 3.63) is 0 Å². The van der Waals surface area contributed by atoms with Crippen LogP contribution in [0, 0.1) is 11.8 Å². The van der Waals surface area contributed by atoms with Gasteiger partial charge in [-0.1, -0.05) is 12.8 Å². The van der Waals surface area contributed by atoms with Crippen molar-refractivity contribution in [2.45, 2.75) is 63.5 Å². The number of rotatable bonds is 2. The molecule has 0 amide bonds. The van der Waals surface area contributed by atoms with Gasteiger partial charge in [-0.05, 0) is 50.4 Å². The molecule has 1 unspecified atom stereocenters. The third-order valence-corrected chi connectivity index (χ3v) is 4.30. The number of nitrogens with two attached hydrogens (primary N) is 2. The molecule has 82 valence electrons. The van der Waals surface area contributed by atoms with Crippen molar-refractivity contribution in [1.29, 1.82) is 0 Å². The van der Waals surface area contributed by atoms with Gasteiger partial charge in [0.2, 0.25) is 0 Å². The zero-order valence-electron chi connectivity index (χ0n) is 9.12. The average Bonchev–Trinajstić information content (AvgIpc) is 2.71. The van der Waals surface area contributed by atoms with Gasteiger partial charge in [-0.15, -0.1) is 0 Å². The predicted octanol–water partition coefficient (Wildman–Crippen LogP) is 2.02. The van der Waals surface area contributed by atoms with Crippen LogP contribution >= 0.6 is 0 Å². The molecule has 2 nitrogen and oxygen atoms in total. The van der Waals surface area contributed by atoms with Crippen LogP contribution in [-0.4, -0.2) is 12.1 Å². The first kappa shape index (κ1) is 10.4. The molecule has 1 atom stereocenters. The fraction of sp³-hybridized carbons (Fsp3) is 1.00. The van der Waals surface area contributed by atoms with Crippen molar-refractivity contribution in [3.8, 4) is 0 Å². The fourth-order valence-electron chi connectivity index (χ4n) is 3.26. The second kappa shape index (κ2) is 4.63. The van der Waals surface area contributed by atoms with Gasteiger partial charge >= 0.3 is 0 Å². The predicted molar refractivity (Wildman–Crippen MR) is 59.9 cm³/mol. The molecule has 2 rings (SSSR count). The summed E-state index contributed by atoms with van der Waals surface area (Å²) in [6.45, 7) is 0. The molecule has 0 heterocycles. The lowest BCUT2D eigenvalue weighted by Crippen LogP contribution is -2.40. The van der Waals surface area contributed by atoms with Gasteiger partial charge in [-0.3, -0.25) is 0 Å². The zero-order chi connectivity index (χ0) is 9.97. The van der Waals surface area contributed by atoms with E-state index in [9.17, 15) is 0 Å². The molecule has 2 heteroatoms. The van der Waals surface area contributed by atoms with Gasteiger partial charge < -0.3 is 11.5 Å². The van der Waals surface area contributed by atoms with E-state index >= 15 is 0 Å². The Morgan fingerprint density at radius 2 is 1.29 bits per heavy atom. The molecule has 2 aliphatic rings. The topological polar surface area (TPSA) is 52.0 Å². The molecule has 0 saturated heterocycles. The summed E-state index contributed by atoms with van der Waals surface area (Å²) in [6.07, 6.45) is 10.5. The Labute approximate surface area is 87.4 Å². The molecule has 2 aliphatic carbocycles. The monoisotopic (exact) mass is 196 g/mol. The molecular weight excluding hydrogens is 172 g/mol. The lowest BCUT2D eigenvalue weighted by atomic mass is 9.77. The summed E-state index contributed by atoms with van der Waals surface area (Å²) in [5.74, 6) is 1.60. The summed E-state index contributed by atoms with van der Waals surface area (Å²) in [6, 6.07) is 0.937. The maximum absolute atomic E-state index is 6.36. The Morgan fingerprint density at radius 1 is 0.786 bits per heavy atom. The molecule has 4 N–H and O–H groups in total. The molecule has 0 aromatic carbocycles. The molecule has 0 spiro atoms. The van der Waals surface area contributed by atoms with E-state index in [-0.39, 0.29) is 0 Å². The lowest BCUT2D eigenvalue weighted by Gasteiger charge is -2.33. The van der Waals surface area contributed by atoms with Gasteiger partial charge in [0.1, 0.15) is 0 Å². The Balaban J connectivity index is 1.82. The van der Waals surface area contributed by atoms with Gasteiger partial charge in [0, 0.05) is 12.1 Å². The summed E-state index contributed by atoms with van der Waals surface area (Å²) in [4.78, 5) is 0. The summed E-state index contributed by atoms with van der Waals surface area (Å²) in [5, 5.41) is 0. The van der Waals surface area contributed by atoms with Crippen LogP contribution in [0.4, 0.5) is 0 Å². The minimum absolute atomic E-state index is 0.460. The highest BCUT2D eigenvalue weighted by Gasteiger charge is 2.30. The minimum atomic E-state index is 0.460. The van der Waals surface area contributed by atoms with Gasteiger partial charge in [0.15, 0.2) is 0 Å². The van der Waals surface area contributed by atoms with Crippen molar-refractivity contribution in [2.24, 2.45) is 23.3 Å². The maximum Gasteiger partial charge on any atom is 0.00956 e. The van der Waals surface area contributed by atoms with Crippen LogP contribution in [0.5, 0.6) is 0 Å². The van der Waals surface area contributed by atoms with E-state index in [0.29, 0.717) is 12.1 Å². The van der Waals surface area contributed by atoms with Gasteiger partial charge in [0.05, 0.1) is 0 Å². The maximum atomic E-state index is 6.36. The summed E-state index contributed by atoms with van der Waals surface area (Å²) >= 11 is 0. The third-order valence-electron chi connectivity index (χ3n) is 4.30. The van der Waals surface area contributed by atoms with Crippen molar-refractivity contribution in [3.63, 3.8) is 0 Å². The third kappa shape index (κ3) is 2.29. The quantitative estimate of drug-likeness (QED) is 0.710. The highest BCUT2D eigenvalue weighted by atomic mass is 14.7. The van der Waals surface area contributed by atoms with Crippen LogP contribution in [0.25, 0.3) is 0 Å². The highest BCUT2D eigenvalue weighted by Crippen LogP contribution is 2.34. The SMILES string of the molecule is NC1CCC(C(N)C2CCCC2)CC1. The molecule has 0 aromatic heterocycles. The first-order valence-corrected chi connectivity index (χ1v) is 6.28. The Kier molecular flexibility index (Phi) is 3.45. The minimum Gasteiger partial charge on any atom is -0.328 e. The molecule has 2 saturated carbocycles. The van der Waals surface area contributed by atoms with E-state index in [2.05, 4.69) is 0 Å². The Morgan fingerprint density at radius 3 is 1.86 bits per heavy atom. The largest absolute Gasteiger partial charge is 0.328 e. The van der Waals surface area contributed by atoms with Gasteiger partial charge in [0.25, 0.3) is 0 Å². The van der Waals surface area contributed by atoms with E-state index in [1.807, 2.05) is 0 Å². The van der Waals surface area contributed by atoms with Crippen LogP contribution in [0.15, 0.2) is 0 Å². The van der Waals surface area contributed by atoms with Gasteiger partial charge in [-0.25, -0.2) is 0 Å². The lowest BCUT2D eigenvalue weighted by molar-refractivity contribution is 0.232. The van der Waals surface area contributed by atoms with Crippen molar-refractivity contribution in [1.82, 2.24) is 0 Å². The van der Waals surface area contributed by atoms with Crippen molar-refractivity contribution >= 4 is 0 Å². The van der Waals surface area contributed by atoms with Crippen LogP contribution in [0.2, 0.25) is 0 Å². The van der Waals surface area contributed by atoms with Gasteiger partial charge in [-0.2, -0.15) is 0 Å². The van der Waals surface area contributed by atoms with E-state index in [1.54, 1.807) is 0 Å². The molecule has 0 aromatic rings. The molecule has 0 bridgehead atoms. The van der Waals surface area contributed by atoms with E-state index in [4.69, 9.17) is 11.5 Å². The van der Waals surface area contributed by atoms with Crippen LogP contribution < -0.4 is 11.5 Å². The molecule has 14 heavy (non-hydrogen) atoms. The fourth-order valence-corrected chi connectivity index (χ4v) is 3.26. The summed E-state index contributed by atoms with van der Waals surface area (Å²) in [5.41, 5.74) is 12.3. The molecule has 0 aliphatic heterocycles. The molecular formula is C12H24N2. The molecule has 0 radical (unpaired) electrons. The van der Waals surface area contributed by atoms with Crippen molar-refractivity contribution < 1.29 is 0 Å². The molecule has 2 fully saturated rings. The van der Waals surface area contributed by atoms with Crippen LogP contribution in [0.3, 0.4) is 0 Å². The second-order valence-corrected chi connectivity index (χ2v) is 5.30. The smallest absolute Gasteiger partial charge is 0.00956 e. The number of hydrogen-bond donors (Lipinski definition) is 2. The normalized spacial score (nSPS) is 37.3. The first-order valence-electron chi connectivity index (χ1n) is 6.28. The first-order chi connectivity index (χ1) is 6.77. The Bertz CT molecular complexity index is 167. The zero-order valence-corrected chi connectivity index (χ0v) is 9.12. The summed E-state index contributed by atoms with van der Waals surface area (Å²) in [7, 11) is 0. The number of hydrogen-bond acceptors (Lipinski definition) is 2. The van der Waals surface area contributed by atoms with Crippen molar-refractivity contribution in [2.75, 3.05) is 0 Å². The Hall–Kier alpha value is -0.0800. The highest BCUT2D eigenvalue weighted by molar-refractivity contribution is 4.87. The summed E-state index contributed by atoms with van der Waals surface area (Å²) < 4.78 is 0. The van der Waals surface area contributed by atoms with E-state index in [0.717, 1.165) is 11.8 Å². The van der Waals surface area contributed by atoms with E-state index < -0.39 is 0 Å². The average molecular weight is 196 g/mol. The standard InChI is InChI=1S/C12H24N2/c13-11-7-5-10(6-8-11)12(14)9-3-1-2-4-9/h9-12H,1-8,13-14H2. The van der Waals surface area contributed by atoms with Crippen LogP contribution in [0.1, 0.15) is 51.4 Å². The second-order valence-electron chi connectivity index (χ2n) is 5.30.